The average molecular weight is 361 g/mol. The summed E-state index contributed by atoms with van der Waals surface area (Å²) < 4.78 is 0. The first kappa shape index (κ1) is 16.9. The van der Waals surface area contributed by atoms with Gasteiger partial charge < -0.3 is 10.0 Å². The van der Waals surface area contributed by atoms with E-state index in [2.05, 4.69) is 9.97 Å². The number of quaternary nitrogens is 1. The molecule has 0 radical (unpaired) electrons. The molecule has 0 spiro atoms. The average Bonchev–Trinajstić information content (AvgIpc) is 2.78. The van der Waals surface area contributed by atoms with E-state index < -0.39 is 5.97 Å². The van der Waals surface area contributed by atoms with Crippen molar-refractivity contribution in [3.8, 4) is 11.3 Å². The van der Waals surface area contributed by atoms with Crippen molar-refractivity contribution in [1.29, 1.82) is 0 Å². The molecule has 7 heteroatoms. The van der Waals surface area contributed by atoms with Crippen molar-refractivity contribution in [3.05, 3.63) is 65.9 Å². The summed E-state index contributed by atoms with van der Waals surface area (Å²) in [5.41, 5.74) is 4.26. The summed E-state index contributed by atoms with van der Waals surface area (Å²) in [6, 6.07) is 14.2. The molecule has 0 atom stereocenters. The highest BCUT2D eigenvalue weighted by Crippen LogP contribution is 2.34. The number of benzene rings is 2. The van der Waals surface area contributed by atoms with Crippen molar-refractivity contribution in [3.63, 3.8) is 0 Å². The van der Waals surface area contributed by atoms with Crippen LogP contribution in [-0.2, 0) is 11.2 Å². The zero-order valence-corrected chi connectivity index (χ0v) is 14.6. The summed E-state index contributed by atoms with van der Waals surface area (Å²) in [7, 11) is 1.76. The van der Waals surface area contributed by atoms with E-state index >= 15 is 0 Å². The minimum absolute atomic E-state index is 0.00853. The topological polar surface area (TPSA) is 100 Å². The highest BCUT2D eigenvalue weighted by Gasteiger charge is 2.25. The van der Waals surface area contributed by atoms with E-state index in [-0.39, 0.29) is 17.9 Å². The number of fused-ring (bicyclic) bond motifs is 3. The monoisotopic (exact) mass is 361 g/mol. The highest BCUT2D eigenvalue weighted by molar-refractivity contribution is 6.01. The van der Waals surface area contributed by atoms with Crippen LogP contribution in [0.4, 0.5) is 17.3 Å². The fraction of sp³-hybridized carbons (Fsp3) is 0.100. The van der Waals surface area contributed by atoms with E-state index in [0.29, 0.717) is 5.95 Å². The number of carbonyl (C=O) groups is 2. The van der Waals surface area contributed by atoms with E-state index in [0.717, 1.165) is 28.2 Å². The Balaban J connectivity index is 1.72. The summed E-state index contributed by atoms with van der Waals surface area (Å²) in [4.78, 5) is 34.1. The largest absolute Gasteiger partial charge is 0.478 e. The minimum Gasteiger partial charge on any atom is -0.478 e. The summed E-state index contributed by atoms with van der Waals surface area (Å²) in [5.74, 6) is -0.470. The third kappa shape index (κ3) is 3.16. The second-order valence-electron chi connectivity index (χ2n) is 6.32. The van der Waals surface area contributed by atoms with Crippen molar-refractivity contribution >= 4 is 29.2 Å². The van der Waals surface area contributed by atoms with Crippen LogP contribution in [0.15, 0.2) is 54.7 Å². The van der Waals surface area contributed by atoms with Gasteiger partial charge in [0.15, 0.2) is 0 Å². The molecule has 0 aliphatic carbocycles. The van der Waals surface area contributed by atoms with Gasteiger partial charge in [-0.3, -0.25) is 4.79 Å². The Hall–Kier alpha value is -3.58. The van der Waals surface area contributed by atoms with Gasteiger partial charge in [0, 0.05) is 36.5 Å². The number of carbonyl (C=O) groups excluding carboxylic acids is 1. The molecule has 27 heavy (non-hydrogen) atoms. The van der Waals surface area contributed by atoms with E-state index in [9.17, 15) is 9.59 Å². The number of likely N-dealkylation sites (N-methyl/N-ethyl adjacent to an activating group) is 1. The van der Waals surface area contributed by atoms with Crippen LogP contribution in [0.2, 0.25) is 0 Å². The molecule has 1 aliphatic heterocycles. The first-order valence-electron chi connectivity index (χ1n) is 8.43. The van der Waals surface area contributed by atoms with Gasteiger partial charge in [0.2, 0.25) is 5.91 Å². The van der Waals surface area contributed by atoms with Gasteiger partial charge in [-0.15, -0.1) is 0 Å². The molecule has 0 saturated heterocycles. The molecule has 2 heterocycles. The number of rotatable bonds is 3. The van der Waals surface area contributed by atoms with Gasteiger partial charge >= 0.3 is 11.9 Å². The van der Waals surface area contributed by atoms with Gasteiger partial charge in [-0.05, 0) is 18.2 Å². The standard InChI is InChI=1S/C20H16N4O3/c1-24-16-5-3-2-4-15(16)18-13(10-17(24)25)11-21-20(23-18)22-14-8-6-12(7-9-14)19(26)27/h2-9,11H,10H2,1H3,(H,26,27)(H,21,22,23)/p+1. The van der Waals surface area contributed by atoms with Gasteiger partial charge in [-0.25, -0.2) is 10.1 Å². The molecule has 2 aromatic carbocycles. The van der Waals surface area contributed by atoms with Gasteiger partial charge in [-0.2, -0.15) is 9.97 Å². The van der Waals surface area contributed by atoms with E-state index in [4.69, 9.17) is 5.11 Å². The van der Waals surface area contributed by atoms with Gasteiger partial charge in [0.1, 0.15) is 5.69 Å². The molecule has 0 fully saturated rings. The Bertz CT molecular complexity index is 1050. The van der Waals surface area contributed by atoms with E-state index in [1.165, 1.54) is 0 Å². The highest BCUT2D eigenvalue weighted by atomic mass is 16.4. The lowest BCUT2D eigenvalue weighted by Crippen LogP contribution is -2.72. The summed E-state index contributed by atoms with van der Waals surface area (Å²) >= 11 is 0. The Kier molecular flexibility index (Phi) is 4.13. The third-order valence-corrected chi connectivity index (χ3v) is 4.57. The molecule has 1 aromatic heterocycles. The maximum Gasteiger partial charge on any atom is 0.335 e. The predicted molar refractivity (Wildman–Crippen MR) is 99.2 cm³/mol. The number of nitrogens with zero attached hydrogens (tertiary/aromatic N) is 3. The number of carboxylic acids is 1. The number of aromatic carboxylic acids is 1. The van der Waals surface area contributed by atoms with Crippen LogP contribution in [0.1, 0.15) is 15.9 Å². The normalized spacial score (nSPS) is 12.9. The van der Waals surface area contributed by atoms with Crippen molar-refractivity contribution in [2.75, 3.05) is 11.9 Å². The molecular formula is C20H17N4O3+. The SMILES string of the molecule is CN1C(=O)Cc2cnc([NH2+]c3ccc(C(=O)O)cc3)nc2-c2ccccc21. The zero-order valence-electron chi connectivity index (χ0n) is 14.6. The molecule has 3 aromatic rings. The van der Waals surface area contributed by atoms with Crippen LogP contribution in [0, 0.1) is 0 Å². The summed E-state index contributed by atoms with van der Waals surface area (Å²) in [6.45, 7) is 0. The number of nitrogens with two attached hydrogens (primary N) is 1. The fourth-order valence-electron chi connectivity index (χ4n) is 3.11. The molecule has 7 nitrogen and oxygen atoms in total. The van der Waals surface area contributed by atoms with Gasteiger partial charge in [0.25, 0.3) is 0 Å². The smallest absolute Gasteiger partial charge is 0.335 e. The fourth-order valence-corrected chi connectivity index (χ4v) is 3.11. The van der Waals surface area contributed by atoms with E-state index in [1.54, 1.807) is 47.7 Å². The first-order valence-corrected chi connectivity index (χ1v) is 8.43. The van der Waals surface area contributed by atoms with Crippen LogP contribution in [-0.4, -0.2) is 34.0 Å². The Morgan fingerprint density at radius 3 is 2.63 bits per heavy atom. The number of hydrogen-bond donors (Lipinski definition) is 2. The van der Waals surface area contributed by atoms with Crippen LogP contribution < -0.4 is 10.2 Å². The summed E-state index contributed by atoms with van der Waals surface area (Å²) in [5, 5.41) is 10.8. The number of aromatic nitrogens is 2. The van der Waals surface area contributed by atoms with Crippen LogP contribution in [0.25, 0.3) is 11.3 Å². The molecule has 0 unspecified atom stereocenters. The number of hydrogen-bond acceptors (Lipinski definition) is 4. The molecule has 1 amide bonds. The predicted octanol–water partition coefficient (Wildman–Crippen LogP) is 1.89. The maximum atomic E-state index is 12.4. The van der Waals surface area contributed by atoms with Crippen molar-refractivity contribution in [2.45, 2.75) is 6.42 Å². The lowest BCUT2D eigenvalue weighted by atomic mass is 10.1. The molecule has 134 valence electrons. The second kappa shape index (κ2) is 6.62. The molecule has 3 N–H and O–H groups in total. The lowest BCUT2D eigenvalue weighted by molar-refractivity contribution is -0.487. The van der Waals surface area contributed by atoms with Crippen molar-refractivity contribution in [2.24, 2.45) is 0 Å². The first-order chi connectivity index (χ1) is 13.0. The number of carboxylic acid groups (broad SMARTS) is 1. The van der Waals surface area contributed by atoms with Crippen LogP contribution in [0.3, 0.4) is 0 Å². The number of para-hydroxylation sites is 1. The van der Waals surface area contributed by atoms with Crippen LogP contribution in [0.5, 0.6) is 0 Å². The molecule has 1 aliphatic rings. The molecule has 4 rings (SSSR count). The minimum atomic E-state index is -0.965. The van der Waals surface area contributed by atoms with Crippen molar-refractivity contribution in [1.82, 2.24) is 9.97 Å². The molecule has 0 bridgehead atoms. The third-order valence-electron chi connectivity index (χ3n) is 4.57. The Morgan fingerprint density at radius 1 is 1.15 bits per heavy atom. The second-order valence-corrected chi connectivity index (χ2v) is 6.32. The molecule has 0 saturated carbocycles. The maximum absolute atomic E-state index is 12.4. The Morgan fingerprint density at radius 2 is 1.89 bits per heavy atom. The lowest BCUT2D eigenvalue weighted by Gasteiger charge is -2.16. The van der Waals surface area contributed by atoms with Gasteiger partial charge in [-0.1, -0.05) is 18.2 Å². The van der Waals surface area contributed by atoms with Crippen molar-refractivity contribution < 1.29 is 20.0 Å². The molecular weight excluding hydrogens is 344 g/mol. The quantitative estimate of drug-likeness (QED) is 0.694. The van der Waals surface area contributed by atoms with Crippen LogP contribution >= 0.6 is 0 Å². The number of anilines is 1. The van der Waals surface area contributed by atoms with Gasteiger partial charge in [0.05, 0.1) is 23.4 Å². The summed E-state index contributed by atoms with van der Waals surface area (Å²) in [6.07, 6.45) is 1.93. The number of amides is 1. The van der Waals surface area contributed by atoms with E-state index in [1.807, 2.05) is 24.3 Å². The Labute approximate surface area is 155 Å². The zero-order chi connectivity index (χ0) is 19.0.